The summed E-state index contributed by atoms with van der Waals surface area (Å²) >= 11 is 1.71. The highest BCUT2D eigenvalue weighted by Crippen LogP contribution is 2.36. The molecule has 2 aromatic rings. The van der Waals surface area contributed by atoms with Gasteiger partial charge < -0.3 is 9.80 Å². The van der Waals surface area contributed by atoms with E-state index >= 15 is 0 Å². The number of hydrogen-bond donors (Lipinski definition) is 0. The first kappa shape index (κ1) is 15.8. The van der Waals surface area contributed by atoms with Gasteiger partial charge in [-0.3, -0.25) is 9.69 Å². The molecule has 0 aliphatic carbocycles. The van der Waals surface area contributed by atoms with Gasteiger partial charge in [0.15, 0.2) is 0 Å². The molecule has 6 nitrogen and oxygen atoms in total. The summed E-state index contributed by atoms with van der Waals surface area (Å²) in [6, 6.07) is 2.05. The molecule has 0 saturated carbocycles. The van der Waals surface area contributed by atoms with Crippen LogP contribution in [-0.4, -0.2) is 71.5 Å². The van der Waals surface area contributed by atoms with E-state index < -0.39 is 0 Å². The topological polar surface area (TPSA) is 52.6 Å². The van der Waals surface area contributed by atoms with Gasteiger partial charge in [-0.2, -0.15) is 0 Å². The third-order valence-corrected chi connectivity index (χ3v) is 6.57. The Bertz CT molecular complexity index is 762. The number of likely N-dealkylation sites (N-methyl/N-ethyl adjacent to an activating group) is 1. The van der Waals surface area contributed by atoms with Gasteiger partial charge in [-0.15, -0.1) is 11.3 Å². The third kappa shape index (κ3) is 2.56. The van der Waals surface area contributed by atoms with Crippen molar-refractivity contribution in [3.05, 3.63) is 17.8 Å². The number of fused-ring (bicyclic) bond motifs is 1. The Morgan fingerprint density at radius 2 is 2.04 bits per heavy atom. The molecule has 0 radical (unpaired) electrons. The minimum Gasteiger partial charge on any atom is -0.352 e. The van der Waals surface area contributed by atoms with Crippen LogP contribution >= 0.6 is 11.3 Å². The fraction of sp³-hybridized carbons (Fsp3) is 0.588. The van der Waals surface area contributed by atoms with E-state index in [0.29, 0.717) is 6.42 Å². The Kier molecular flexibility index (Phi) is 3.92. The zero-order valence-electron chi connectivity index (χ0n) is 14.2. The molecule has 2 aromatic heterocycles. The number of aromatic nitrogens is 2. The maximum absolute atomic E-state index is 12.1. The van der Waals surface area contributed by atoms with Gasteiger partial charge in [-0.05, 0) is 31.3 Å². The largest absolute Gasteiger partial charge is 0.352 e. The Balaban J connectivity index is 1.65. The minimum absolute atomic E-state index is 0.0488. The molecule has 1 atom stereocenters. The Hall–Kier alpha value is -1.73. The summed E-state index contributed by atoms with van der Waals surface area (Å²) in [5.41, 5.74) is 1.07. The van der Waals surface area contributed by atoms with Crippen LogP contribution in [0.25, 0.3) is 10.2 Å². The van der Waals surface area contributed by atoms with E-state index in [2.05, 4.69) is 38.3 Å². The molecule has 2 aliphatic rings. The van der Waals surface area contributed by atoms with Gasteiger partial charge >= 0.3 is 0 Å². The van der Waals surface area contributed by atoms with Crippen molar-refractivity contribution in [2.75, 3.05) is 45.2 Å². The van der Waals surface area contributed by atoms with Gasteiger partial charge in [0, 0.05) is 45.2 Å². The van der Waals surface area contributed by atoms with Crippen molar-refractivity contribution < 1.29 is 4.79 Å². The average Bonchev–Trinajstić information content (AvgIpc) is 3.03. The lowest BCUT2D eigenvalue weighted by Gasteiger charge is -2.49. The monoisotopic (exact) mass is 345 g/mol. The van der Waals surface area contributed by atoms with Crippen LogP contribution in [-0.2, 0) is 4.79 Å². The van der Waals surface area contributed by atoms with Crippen LogP contribution < -0.4 is 4.90 Å². The number of thiophene rings is 1. The minimum atomic E-state index is 0.0488. The zero-order chi connectivity index (χ0) is 16.7. The van der Waals surface area contributed by atoms with Crippen molar-refractivity contribution in [3.63, 3.8) is 0 Å². The average molecular weight is 345 g/mol. The summed E-state index contributed by atoms with van der Waals surface area (Å²) in [6.07, 6.45) is 4.23. The number of rotatable bonds is 1. The lowest BCUT2D eigenvalue weighted by Crippen LogP contribution is -2.61. The summed E-state index contributed by atoms with van der Waals surface area (Å²) < 4.78 is 1.17. The molecule has 2 saturated heterocycles. The predicted molar refractivity (Wildman–Crippen MR) is 96.5 cm³/mol. The van der Waals surface area contributed by atoms with Crippen LogP contribution in [0.2, 0.25) is 0 Å². The van der Waals surface area contributed by atoms with Crippen molar-refractivity contribution in [3.8, 4) is 0 Å². The van der Waals surface area contributed by atoms with Gasteiger partial charge in [0.05, 0.1) is 10.2 Å². The summed E-state index contributed by atoms with van der Waals surface area (Å²) in [5, 5.41) is 2.08. The molecule has 128 valence electrons. The first-order chi connectivity index (χ1) is 11.6. The van der Waals surface area contributed by atoms with E-state index in [-0.39, 0.29) is 11.4 Å². The Morgan fingerprint density at radius 3 is 2.92 bits per heavy atom. The van der Waals surface area contributed by atoms with E-state index in [1.54, 1.807) is 17.7 Å². The van der Waals surface area contributed by atoms with E-state index in [0.717, 1.165) is 50.4 Å². The van der Waals surface area contributed by atoms with Crippen molar-refractivity contribution >= 4 is 33.3 Å². The van der Waals surface area contributed by atoms with Gasteiger partial charge in [-0.1, -0.05) is 0 Å². The lowest BCUT2D eigenvalue weighted by molar-refractivity contribution is -0.129. The molecule has 0 bridgehead atoms. The summed E-state index contributed by atoms with van der Waals surface area (Å²) in [4.78, 5) is 27.8. The number of amides is 1. The molecule has 7 heteroatoms. The lowest BCUT2D eigenvalue weighted by atomic mass is 9.86. The van der Waals surface area contributed by atoms with Crippen molar-refractivity contribution in [1.82, 2.24) is 19.8 Å². The fourth-order valence-electron chi connectivity index (χ4n) is 3.94. The maximum Gasteiger partial charge on any atom is 0.222 e. The van der Waals surface area contributed by atoms with E-state index in [9.17, 15) is 4.79 Å². The highest BCUT2D eigenvalue weighted by Gasteiger charge is 2.42. The summed E-state index contributed by atoms with van der Waals surface area (Å²) in [7, 11) is 4.12. The van der Waals surface area contributed by atoms with E-state index in [1.807, 2.05) is 11.9 Å². The van der Waals surface area contributed by atoms with Crippen molar-refractivity contribution in [2.45, 2.75) is 24.8 Å². The second kappa shape index (κ2) is 5.97. The molecule has 24 heavy (non-hydrogen) atoms. The number of nitrogens with zero attached hydrogens (tertiary/aromatic N) is 5. The van der Waals surface area contributed by atoms with Crippen LogP contribution in [0.1, 0.15) is 19.3 Å². The fourth-order valence-corrected chi connectivity index (χ4v) is 4.80. The number of likely N-dealkylation sites (tertiary alicyclic amines) is 1. The molecule has 4 heterocycles. The molecule has 1 spiro atoms. The first-order valence-electron chi connectivity index (χ1n) is 8.47. The number of carbonyl (C=O) groups excluding carboxylic acids is 1. The predicted octanol–water partition coefficient (Wildman–Crippen LogP) is 1.82. The van der Waals surface area contributed by atoms with Crippen LogP contribution in [0, 0.1) is 0 Å². The second-order valence-corrected chi connectivity index (χ2v) is 7.88. The second-order valence-electron chi connectivity index (χ2n) is 6.96. The highest BCUT2D eigenvalue weighted by atomic mass is 32.1. The standard InChI is InChI=1S/C17H23N5OS/c1-20-7-6-17(5-3-14(20)23)11-22(9-8-21(17)2)16-15-13(4-10-24-15)18-12-19-16/h4,10,12H,3,5-9,11H2,1-2H3. The Labute approximate surface area is 146 Å². The molecular formula is C17H23N5OS. The summed E-state index contributed by atoms with van der Waals surface area (Å²) in [6.45, 7) is 3.71. The van der Waals surface area contributed by atoms with Crippen LogP contribution in [0.4, 0.5) is 5.82 Å². The normalized spacial score (nSPS) is 26.3. The molecule has 1 amide bonds. The number of anilines is 1. The SMILES string of the molecule is CN1CCC2(CCC1=O)CN(c1ncnc3ccsc13)CCN2C. The number of carbonyl (C=O) groups is 1. The number of hydrogen-bond acceptors (Lipinski definition) is 6. The summed E-state index contributed by atoms with van der Waals surface area (Å²) in [5.74, 6) is 1.31. The molecule has 0 N–H and O–H groups in total. The van der Waals surface area contributed by atoms with Crippen LogP contribution in [0.5, 0.6) is 0 Å². The molecular weight excluding hydrogens is 322 g/mol. The number of piperazine rings is 1. The third-order valence-electron chi connectivity index (χ3n) is 5.67. The first-order valence-corrected chi connectivity index (χ1v) is 9.35. The molecule has 2 fully saturated rings. The van der Waals surface area contributed by atoms with E-state index in [4.69, 9.17) is 0 Å². The Morgan fingerprint density at radius 1 is 1.17 bits per heavy atom. The van der Waals surface area contributed by atoms with Crippen molar-refractivity contribution in [2.24, 2.45) is 0 Å². The smallest absolute Gasteiger partial charge is 0.222 e. The van der Waals surface area contributed by atoms with Crippen molar-refractivity contribution in [1.29, 1.82) is 0 Å². The molecule has 4 rings (SSSR count). The molecule has 1 unspecified atom stereocenters. The van der Waals surface area contributed by atoms with Crippen LogP contribution in [0.3, 0.4) is 0 Å². The van der Waals surface area contributed by atoms with Gasteiger partial charge in [0.1, 0.15) is 12.1 Å². The maximum atomic E-state index is 12.1. The highest BCUT2D eigenvalue weighted by molar-refractivity contribution is 7.17. The quantitative estimate of drug-likeness (QED) is 0.789. The van der Waals surface area contributed by atoms with Gasteiger partial charge in [0.2, 0.25) is 5.91 Å². The van der Waals surface area contributed by atoms with Gasteiger partial charge in [0.25, 0.3) is 0 Å². The zero-order valence-corrected chi connectivity index (χ0v) is 15.1. The van der Waals surface area contributed by atoms with Crippen LogP contribution in [0.15, 0.2) is 17.8 Å². The molecule has 0 aromatic carbocycles. The van der Waals surface area contributed by atoms with E-state index in [1.165, 1.54) is 4.70 Å². The molecule has 2 aliphatic heterocycles. The van der Waals surface area contributed by atoms with Gasteiger partial charge in [-0.25, -0.2) is 9.97 Å².